The first kappa shape index (κ1) is 12.2. The van der Waals surface area contributed by atoms with E-state index in [0.29, 0.717) is 11.5 Å². The Labute approximate surface area is 101 Å². The highest BCUT2D eigenvalue weighted by molar-refractivity contribution is 5.62. The smallest absolute Gasteiger partial charge is 0.397 e. The van der Waals surface area contributed by atoms with Crippen molar-refractivity contribution in [3.8, 4) is 0 Å². The van der Waals surface area contributed by atoms with Crippen LogP contribution in [0.15, 0.2) is 42.6 Å². The second kappa shape index (κ2) is 4.56. The SMILES string of the molecule is Nc1ccc(Nc2ccccc2C(F)(F)F)nc1. The van der Waals surface area contributed by atoms with Crippen molar-refractivity contribution in [1.82, 2.24) is 4.98 Å². The second-order valence-corrected chi connectivity index (χ2v) is 3.65. The molecule has 3 nitrogen and oxygen atoms in total. The Morgan fingerprint density at radius 3 is 2.39 bits per heavy atom. The molecular formula is C12H10F3N3. The maximum absolute atomic E-state index is 12.7. The molecule has 0 spiro atoms. The molecule has 0 radical (unpaired) electrons. The molecule has 0 aliphatic carbocycles. The molecule has 0 saturated heterocycles. The van der Waals surface area contributed by atoms with E-state index in [-0.39, 0.29) is 5.69 Å². The van der Waals surface area contributed by atoms with Crippen molar-refractivity contribution in [3.63, 3.8) is 0 Å². The number of rotatable bonds is 2. The van der Waals surface area contributed by atoms with Crippen LogP contribution in [0.2, 0.25) is 0 Å². The van der Waals surface area contributed by atoms with E-state index in [0.717, 1.165) is 6.07 Å². The molecule has 6 heteroatoms. The zero-order valence-corrected chi connectivity index (χ0v) is 9.20. The number of nitrogen functional groups attached to an aromatic ring is 1. The Kier molecular flexibility index (Phi) is 3.10. The average Bonchev–Trinajstić information content (AvgIpc) is 2.31. The van der Waals surface area contributed by atoms with Gasteiger partial charge in [0.05, 0.1) is 23.1 Å². The molecule has 18 heavy (non-hydrogen) atoms. The molecule has 0 unspecified atom stereocenters. The average molecular weight is 253 g/mol. The van der Waals surface area contributed by atoms with Crippen molar-refractivity contribution < 1.29 is 13.2 Å². The zero-order valence-electron chi connectivity index (χ0n) is 9.20. The summed E-state index contributed by atoms with van der Waals surface area (Å²) in [6.45, 7) is 0. The monoisotopic (exact) mass is 253 g/mol. The first-order chi connectivity index (χ1) is 8.47. The van der Waals surface area contributed by atoms with Gasteiger partial charge in [-0.3, -0.25) is 0 Å². The quantitative estimate of drug-likeness (QED) is 0.862. The first-order valence-corrected chi connectivity index (χ1v) is 5.11. The Morgan fingerprint density at radius 2 is 1.78 bits per heavy atom. The summed E-state index contributed by atoms with van der Waals surface area (Å²) in [6, 6.07) is 8.30. The molecule has 1 heterocycles. The number of hydrogen-bond acceptors (Lipinski definition) is 3. The summed E-state index contributed by atoms with van der Waals surface area (Å²) < 4.78 is 38.2. The maximum Gasteiger partial charge on any atom is 0.418 e. The van der Waals surface area contributed by atoms with Crippen molar-refractivity contribution in [2.75, 3.05) is 11.1 Å². The summed E-state index contributed by atoms with van der Waals surface area (Å²) >= 11 is 0. The van der Waals surface area contributed by atoms with Crippen molar-refractivity contribution in [3.05, 3.63) is 48.2 Å². The summed E-state index contributed by atoms with van der Waals surface area (Å²) in [7, 11) is 0. The molecule has 0 aliphatic heterocycles. The summed E-state index contributed by atoms with van der Waals surface area (Å²) in [5, 5.41) is 2.62. The van der Waals surface area contributed by atoms with E-state index >= 15 is 0 Å². The summed E-state index contributed by atoms with van der Waals surface area (Å²) in [5.41, 5.74) is 5.13. The van der Waals surface area contributed by atoms with Crippen LogP contribution in [-0.4, -0.2) is 4.98 Å². The third-order valence-corrected chi connectivity index (χ3v) is 2.28. The first-order valence-electron chi connectivity index (χ1n) is 5.11. The standard InChI is InChI=1S/C12H10F3N3/c13-12(14,15)9-3-1-2-4-10(9)18-11-6-5-8(16)7-17-11/h1-7H,16H2,(H,17,18). The number of hydrogen-bond donors (Lipinski definition) is 2. The van der Waals surface area contributed by atoms with E-state index in [9.17, 15) is 13.2 Å². The van der Waals surface area contributed by atoms with Crippen LogP contribution in [0.5, 0.6) is 0 Å². The fraction of sp³-hybridized carbons (Fsp3) is 0.0833. The van der Waals surface area contributed by atoms with Crippen LogP contribution < -0.4 is 11.1 Å². The predicted molar refractivity (Wildman–Crippen MR) is 63.4 cm³/mol. The van der Waals surface area contributed by atoms with E-state index in [1.165, 1.54) is 30.5 Å². The van der Waals surface area contributed by atoms with Crippen molar-refractivity contribution in [2.45, 2.75) is 6.18 Å². The van der Waals surface area contributed by atoms with Crippen molar-refractivity contribution >= 4 is 17.2 Å². The molecule has 2 aromatic rings. The van der Waals surface area contributed by atoms with Gasteiger partial charge in [0.25, 0.3) is 0 Å². The Morgan fingerprint density at radius 1 is 1.06 bits per heavy atom. The molecule has 0 aliphatic rings. The molecular weight excluding hydrogens is 243 g/mol. The number of nitrogens with zero attached hydrogens (tertiary/aromatic N) is 1. The molecule has 0 fully saturated rings. The maximum atomic E-state index is 12.7. The number of anilines is 3. The Bertz CT molecular complexity index is 535. The minimum absolute atomic E-state index is 0.0396. The van der Waals surface area contributed by atoms with Gasteiger partial charge in [-0.2, -0.15) is 13.2 Å². The summed E-state index contributed by atoms with van der Waals surface area (Å²) in [6.07, 6.45) is -3.03. The normalized spacial score (nSPS) is 11.3. The predicted octanol–water partition coefficient (Wildman–Crippen LogP) is 3.43. The lowest BCUT2D eigenvalue weighted by molar-refractivity contribution is -0.136. The lowest BCUT2D eigenvalue weighted by atomic mass is 10.1. The third-order valence-electron chi connectivity index (χ3n) is 2.28. The lowest BCUT2D eigenvalue weighted by Crippen LogP contribution is -2.08. The van der Waals surface area contributed by atoms with E-state index in [4.69, 9.17) is 5.73 Å². The number of benzene rings is 1. The van der Waals surface area contributed by atoms with Crippen LogP contribution in [0.1, 0.15) is 5.56 Å². The fourth-order valence-corrected chi connectivity index (χ4v) is 1.46. The van der Waals surface area contributed by atoms with Gasteiger partial charge in [-0.25, -0.2) is 4.98 Å². The molecule has 94 valence electrons. The fourth-order valence-electron chi connectivity index (χ4n) is 1.46. The zero-order chi connectivity index (χ0) is 13.2. The number of aromatic nitrogens is 1. The van der Waals surface area contributed by atoms with Gasteiger partial charge >= 0.3 is 6.18 Å². The largest absolute Gasteiger partial charge is 0.418 e. The van der Waals surface area contributed by atoms with Gasteiger partial charge in [-0.05, 0) is 24.3 Å². The van der Waals surface area contributed by atoms with Gasteiger partial charge in [-0.1, -0.05) is 12.1 Å². The highest BCUT2D eigenvalue weighted by atomic mass is 19.4. The lowest BCUT2D eigenvalue weighted by Gasteiger charge is -2.13. The molecule has 3 N–H and O–H groups in total. The number of halogens is 3. The molecule has 0 bridgehead atoms. The van der Waals surface area contributed by atoms with Gasteiger partial charge in [-0.15, -0.1) is 0 Å². The van der Waals surface area contributed by atoms with E-state index in [1.54, 1.807) is 6.07 Å². The summed E-state index contributed by atoms with van der Waals surface area (Å²) in [5.74, 6) is 0.306. The summed E-state index contributed by atoms with van der Waals surface area (Å²) in [4.78, 5) is 3.89. The van der Waals surface area contributed by atoms with Crippen molar-refractivity contribution in [1.29, 1.82) is 0 Å². The van der Waals surface area contributed by atoms with Crippen LogP contribution in [0.25, 0.3) is 0 Å². The van der Waals surface area contributed by atoms with E-state index in [2.05, 4.69) is 10.3 Å². The van der Waals surface area contributed by atoms with Crippen LogP contribution in [0.3, 0.4) is 0 Å². The highest BCUT2D eigenvalue weighted by Gasteiger charge is 2.33. The third kappa shape index (κ3) is 2.71. The number of alkyl halides is 3. The molecule has 1 aromatic carbocycles. The van der Waals surface area contributed by atoms with E-state index < -0.39 is 11.7 Å². The minimum atomic E-state index is -4.41. The van der Waals surface area contributed by atoms with Crippen LogP contribution >= 0.6 is 0 Å². The van der Waals surface area contributed by atoms with Gasteiger partial charge in [0, 0.05) is 0 Å². The molecule has 0 atom stereocenters. The number of nitrogens with one attached hydrogen (secondary N) is 1. The van der Waals surface area contributed by atoms with Crippen LogP contribution in [0, 0.1) is 0 Å². The van der Waals surface area contributed by atoms with Gasteiger partial charge in [0.2, 0.25) is 0 Å². The number of pyridine rings is 1. The minimum Gasteiger partial charge on any atom is -0.397 e. The Balaban J connectivity index is 2.32. The van der Waals surface area contributed by atoms with Gasteiger partial charge < -0.3 is 11.1 Å². The molecule has 0 amide bonds. The van der Waals surface area contributed by atoms with Gasteiger partial charge in [0.1, 0.15) is 5.82 Å². The number of para-hydroxylation sites is 1. The van der Waals surface area contributed by atoms with E-state index in [1.807, 2.05) is 0 Å². The molecule has 2 rings (SSSR count). The van der Waals surface area contributed by atoms with Gasteiger partial charge in [0.15, 0.2) is 0 Å². The molecule has 1 aromatic heterocycles. The van der Waals surface area contributed by atoms with Crippen LogP contribution in [-0.2, 0) is 6.18 Å². The Hall–Kier alpha value is -2.24. The number of nitrogens with two attached hydrogens (primary N) is 1. The topological polar surface area (TPSA) is 50.9 Å². The van der Waals surface area contributed by atoms with Crippen molar-refractivity contribution in [2.24, 2.45) is 0 Å². The highest BCUT2D eigenvalue weighted by Crippen LogP contribution is 2.35. The van der Waals surface area contributed by atoms with Crippen LogP contribution in [0.4, 0.5) is 30.4 Å². The second-order valence-electron chi connectivity index (χ2n) is 3.65. The molecule has 0 saturated carbocycles.